The largest absolute Gasteiger partial charge is 0.481 e. The lowest BCUT2D eigenvalue weighted by Crippen LogP contribution is -2.41. The Balaban J connectivity index is 1.38. The maximum Gasteiger partial charge on any atom is 0.407 e. The number of hydrogen-bond acceptors (Lipinski definition) is 4. The van der Waals surface area contributed by atoms with Crippen LogP contribution in [-0.4, -0.2) is 47.2 Å². The SMILES string of the molecule is CCCC(CC(=O)N(CCC(=O)O)Cc1ccccc1)NC(=O)OCC1c2ccccc2-c2ccccc21. The van der Waals surface area contributed by atoms with E-state index in [0.29, 0.717) is 13.0 Å². The van der Waals surface area contributed by atoms with E-state index in [0.717, 1.165) is 34.2 Å². The lowest BCUT2D eigenvalue weighted by atomic mass is 9.98. The number of carboxylic acid groups (broad SMARTS) is 1. The molecule has 1 unspecified atom stereocenters. The monoisotopic (exact) mass is 514 g/mol. The molecule has 7 nitrogen and oxygen atoms in total. The van der Waals surface area contributed by atoms with Gasteiger partial charge >= 0.3 is 12.1 Å². The summed E-state index contributed by atoms with van der Waals surface area (Å²) in [5, 5.41) is 12.0. The number of alkyl carbamates (subject to hydrolysis) is 1. The van der Waals surface area contributed by atoms with Gasteiger partial charge in [0, 0.05) is 31.5 Å². The summed E-state index contributed by atoms with van der Waals surface area (Å²) in [7, 11) is 0. The van der Waals surface area contributed by atoms with Crippen molar-refractivity contribution in [2.24, 2.45) is 0 Å². The van der Waals surface area contributed by atoms with Gasteiger partial charge in [-0.05, 0) is 34.2 Å². The number of carbonyl (C=O) groups is 3. The minimum atomic E-state index is -0.960. The van der Waals surface area contributed by atoms with Crippen molar-refractivity contribution in [3.8, 4) is 11.1 Å². The molecule has 7 heteroatoms. The van der Waals surface area contributed by atoms with E-state index in [9.17, 15) is 14.4 Å². The maximum absolute atomic E-state index is 13.2. The maximum atomic E-state index is 13.2. The minimum Gasteiger partial charge on any atom is -0.481 e. The molecule has 0 heterocycles. The fraction of sp³-hybridized carbons (Fsp3) is 0.323. The van der Waals surface area contributed by atoms with Crippen molar-refractivity contribution >= 4 is 18.0 Å². The first-order valence-electron chi connectivity index (χ1n) is 13.1. The zero-order chi connectivity index (χ0) is 26.9. The Labute approximate surface area is 223 Å². The number of hydrogen-bond donors (Lipinski definition) is 2. The van der Waals surface area contributed by atoms with Crippen LogP contribution in [0.1, 0.15) is 55.2 Å². The van der Waals surface area contributed by atoms with Crippen LogP contribution < -0.4 is 5.32 Å². The van der Waals surface area contributed by atoms with E-state index >= 15 is 0 Å². The molecular formula is C31H34N2O5. The molecule has 0 fully saturated rings. The second kappa shape index (κ2) is 12.9. The Morgan fingerprint density at radius 3 is 2.13 bits per heavy atom. The Bertz CT molecular complexity index is 1210. The molecule has 0 radical (unpaired) electrons. The van der Waals surface area contributed by atoms with E-state index in [1.54, 1.807) is 4.90 Å². The van der Waals surface area contributed by atoms with Crippen LogP contribution in [0.4, 0.5) is 4.79 Å². The topological polar surface area (TPSA) is 95.9 Å². The third kappa shape index (κ3) is 6.79. The van der Waals surface area contributed by atoms with E-state index in [1.165, 1.54) is 0 Å². The van der Waals surface area contributed by atoms with E-state index in [2.05, 4.69) is 29.6 Å². The fourth-order valence-corrected chi connectivity index (χ4v) is 5.05. The lowest BCUT2D eigenvalue weighted by Gasteiger charge is -2.25. The second-order valence-electron chi connectivity index (χ2n) is 9.60. The summed E-state index contributed by atoms with van der Waals surface area (Å²) >= 11 is 0. The fourth-order valence-electron chi connectivity index (χ4n) is 5.05. The number of nitrogens with one attached hydrogen (secondary N) is 1. The number of rotatable bonds is 12. The van der Waals surface area contributed by atoms with Gasteiger partial charge < -0.3 is 20.1 Å². The molecular weight excluding hydrogens is 480 g/mol. The molecule has 0 aromatic heterocycles. The van der Waals surface area contributed by atoms with Crippen molar-refractivity contribution in [2.45, 2.75) is 51.1 Å². The molecule has 1 aliphatic carbocycles. The number of carbonyl (C=O) groups excluding carboxylic acids is 2. The summed E-state index contributed by atoms with van der Waals surface area (Å²) in [4.78, 5) is 38.8. The first-order chi connectivity index (χ1) is 18.5. The number of carboxylic acids is 1. The van der Waals surface area contributed by atoms with Gasteiger partial charge in [-0.1, -0.05) is 92.2 Å². The molecule has 0 saturated heterocycles. The molecule has 3 aromatic carbocycles. The van der Waals surface area contributed by atoms with Gasteiger partial charge in [-0.15, -0.1) is 0 Å². The Kier molecular flexibility index (Phi) is 9.14. The van der Waals surface area contributed by atoms with Crippen molar-refractivity contribution in [2.75, 3.05) is 13.2 Å². The van der Waals surface area contributed by atoms with E-state index in [-0.39, 0.29) is 37.8 Å². The molecule has 0 bridgehead atoms. The van der Waals surface area contributed by atoms with Gasteiger partial charge in [-0.2, -0.15) is 0 Å². The first kappa shape index (κ1) is 26.9. The van der Waals surface area contributed by atoms with Crippen LogP contribution >= 0.6 is 0 Å². The Morgan fingerprint density at radius 2 is 1.53 bits per heavy atom. The highest BCUT2D eigenvalue weighted by Gasteiger charge is 2.29. The summed E-state index contributed by atoms with van der Waals surface area (Å²) < 4.78 is 5.68. The smallest absolute Gasteiger partial charge is 0.407 e. The number of aliphatic carboxylic acids is 1. The van der Waals surface area contributed by atoms with E-state index in [1.807, 2.05) is 61.5 Å². The second-order valence-corrected chi connectivity index (χ2v) is 9.60. The lowest BCUT2D eigenvalue weighted by molar-refractivity contribution is -0.138. The molecule has 0 saturated carbocycles. The summed E-state index contributed by atoms with van der Waals surface area (Å²) in [5.74, 6) is -1.21. The van der Waals surface area contributed by atoms with Crippen molar-refractivity contribution in [3.05, 3.63) is 95.6 Å². The molecule has 3 aromatic rings. The number of ether oxygens (including phenoxy) is 1. The van der Waals surface area contributed by atoms with Gasteiger partial charge in [0.15, 0.2) is 0 Å². The Morgan fingerprint density at radius 1 is 0.921 bits per heavy atom. The number of amides is 2. The average molecular weight is 515 g/mol. The van der Waals surface area contributed by atoms with Crippen LogP contribution in [-0.2, 0) is 20.9 Å². The van der Waals surface area contributed by atoms with Gasteiger partial charge in [0.25, 0.3) is 0 Å². The molecule has 1 atom stereocenters. The minimum absolute atomic E-state index is 0.0446. The molecule has 0 spiro atoms. The molecule has 1 aliphatic rings. The predicted molar refractivity (Wildman–Crippen MR) is 146 cm³/mol. The van der Waals surface area contributed by atoms with Crippen molar-refractivity contribution in [1.82, 2.24) is 10.2 Å². The Hall–Kier alpha value is -4.13. The van der Waals surface area contributed by atoms with E-state index < -0.39 is 18.1 Å². The summed E-state index contributed by atoms with van der Waals surface area (Å²) in [6.45, 7) is 2.61. The molecule has 4 rings (SSSR count). The summed E-state index contributed by atoms with van der Waals surface area (Å²) in [6, 6.07) is 25.4. The van der Waals surface area contributed by atoms with Crippen molar-refractivity contribution < 1.29 is 24.2 Å². The molecule has 198 valence electrons. The van der Waals surface area contributed by atoms with Gasteiger partial charge in [0.1, 0.15) is 6.61 Å². The van der Waals surface area contributed by atoms with Crippen molar-refractivity contribution in [1.29, 1.82) is 0 Å². The zero-order valence-corrected chi connectivity index (χ0v) is 21.6. The quantitative estimate of drug-likeness (QED) is 0.329. The van der Waals surface area contributed by atoms with Crippen LogP contribution in [0.2, 0.25) is 0 Å². The molecule has 0 aliphatic heterocycles. The van der Waals surface area contributed by atoms with Crippen LogP contribution in [0.5, 0.6) is 0 Å². The highest BCUT2D eigenvalue weighted by molar-refractivity contribution is 5.80. The van der Waals surface area contributed by atoms with Crippen LogP contribution in [0, 0.1) is 0 Å². The third-order valence-electron chi connectivity index (χ3n) is 6.89. The average Bonchev–Trinajstić information content (AvgIpc) is 3.24. The normalized spacial score (nSPS) is 12.8. The first-order valence-corrected chi connectivity index (χ1v) is 13.1. The summed E-state index contributed by atoms with van der Waals surface area (Å²) in [6.07, 6.45) is 0.753. The predicted octanol–water partition coefficient (Wildman–Crippen LogP) is 5.59. The van der Waals surface area contributed by atoms with Crippen LogP contribution in [0.3, 0.4) is 0 Å². The number of benzene rings is 3. The molecule has 2 N–H and O–H groups in total. The molecule has 38 heavy (non-hydrogen) atoms. The highest BCUT2D eigenvalue weighted by atomic mass is 16.5. The van der Waals surface area contributed by atoms with Gasteiger partial charge in [0.2, 0.25) is 5.91 Å². The van der Waals surface area contributed by atoms with Gasteiger partial charge in [-0.3, -0.25) is 9.59 Å². The van der Waals surface area contributed by atoms with Gasteiger partial charge in [0.05, 0.1) is 6.42 Å². The van der Waals surface area contributed by atoms with E-state index in [4.69, 9.17) is 9.84 Å². The highest BCUT2D eigenvalue weighted by Crippen LogP contribution is 2.44. The van der Waals surface area contributed by atoms with Crippen molar-refractivity contribution in [3.63, 3.8) is 0 Å². The van der Waals surface area contributed by atoms with Crippen LogP contribution in [0.15, 0.2) is 78.9 Å². The number of fused-ring (bicyclic) bond motifs is 3. The van der Waals surface area contributed by atoms with Crippen LogP contribution in [0.25, 0.3) is 11.1 Å². The molecule has 2 amide bonds. The standard InChI is InChI=1S/C31H34N2O5/c1-2-10-23(19-29(34)33(18-17-30(35)36)20-22-11-4-3-5-12-22)32-31(37)38-21-28-26-15-8-6-13-24(26)25-14-7-9-16-27(25)28/h3-9,11-16,23,28H,2,10,17-21H2,1H3,(H,32,37)(H,35,36). The third-order valence-corrected chi connectivity index (χ3v) is 6.89. The zero-order valence-electron chi connectivity index (χ0n) is 21.6. The summed E-state index contributed by atoms with van der Waals surface area (Å²) in [5.41, 5.74) is 5.51. The number of nitrogens with zero attached hydrogens (tertiary/aromatic N) is 1. The van der Waals surface area contributed by atoms with Gasteiger partial charge in [-0.25, -0.2) is 4.79 Å².